The Bertz CT molecular complexity index is 1030. The Balaban J connectivity index is 1.48. The number of ether oxygens (including phenoxy) is 1. The maximum atomic E-state index is 13.9. The van der Waals surface area contributed by atoms with E-state index < -0.39 is 0 Å². The van der Waals surface area contributed by atoms with E-state index >= 15 is 0 Å². The number of methoxy groups -OCH3 is 1. The summed E-state index contributed by atoms with van der Waals surface area (Å²) in [6.07, 6.45) is 5.57. The number of aryl methyl sites for hydroxylation is 1. The van der Waals surface area contributed by atoms with Gasteiger partial charge in [0.1, 0.15) is 17.2 Å². The average Bonchev–Trinajstić information content (AvgIpc) is 3.46. The number of carbonyl (C=O) groups excluding carboxylic acids is 1. The molecule has 7 heteroatoms. The number of pyridine rings is 1. The van der Waals surface area contributed by atoms with Gasteiger partial charge in [-0.1, -0.05) is 12.1 Å². The first-order chi connectivity index (χ1) is 13.5. The molecule has 0 aliphatic heterocycles. The molecule has 144 valence electrons. The smallest absolute Gasteiger partial charge is 0.270 e. The fourth-order valence-electron chi connectivity index (χ4n) is 3.14. The number of carbonyl (C=O) groups is 1. The fraction of sp³-hybridized carbons (Fsp3) is 0.286. The third-order valence-corrected chi connectivity index (χ3v) is 4.79. The molecule has 1 aliphatic rings. The highest BCUT2D eigenvalue weighted by Gasteiger charge is 2.26. The van der Waals surface area contributed by atoms with Crippen LogP contribution in [0.25, 0.3) is 5.69 Å². The van der Waals surface area contributed by atoms with E-state index in [4.69, 9.17) is 4.74 Å². The Morgan fingerprint density at radius 3 is 2.82 bits per heavy atom. The van der Waals surface area contributed by atoms with Gasteiger partial charge in [-0.25, -0.2) is 14.4 Å². The summed E-state index contributed by atoms with van der Waals surface area (Å²) in [6.45, 7) is 2.20. The second-order valence-corrected chi connectivity index (χ2v) is 6.96. The van der Waals surface area contributed by atoms with E-state index in [2.05, 4.69) is 15.3 Å². The van der Waals surface area contributed by atoms with Crippen LogP contribution in [0.1, 0.15) is 46.1 Å². The molecule has 28 heavy (non-hydrogen) atoms. The molecule has 1 saturated carbocycles. The molecule has 0 bridgehead atoms. The van der Waals surface area contributed by atoms with E-state index in [9.17, 15) is 9.18 Å². The molecular formula is C21H21FN4O2. The molecule has 1 amide bonds. The molecule has 4 rings (SSSR count). The van der Waals surface area contributed by atoms with Crippen molar-refractivity contribution in [3.05, 3.63) is 71.2 Å². The van der Waals surface area contributed by atoms with Gasteiger partial charge in [-0.2, -0.15) is 0 Å². The third kappa shape index (κ3) is 3.74. The molecule has 3 aromatic rings. The maximum absolute atomic E-state index is 13.9. The summed E-state index contributed by atoms with van der Waals surface area (Å²) in [7, 11) is 1.51. The average molecular weight is 380 g/mol. The third-order valence-electron chi connectivity index (χ3n) is 4.79. The molecule has 2 heterocycles. The van der Waals surface area contributed by atoms with Crippen molar-refractivity contribution in [1.82, 2.24) is 19.9 Å². The normalized spacial score (nSPS) is 13.4. The Morgan fingerprint density at radius 2 is 2.14 bits per heavy atom. The first kappa shape index (κ1) is 18.2. The SMILES string of the molecule is COc1nc(C(=O)NCc2ccc(F)c(C3CC3)c2)ccc1-n1cnc(C)c1. The van der Waals surface area contributed by atoms with E-state index in [0.717, 1.165) is 29.7 Å². The van der Waals surface area contributed by atoms with E-state index in [1.165, 1.54) is 13.2 Å². The van der Waals surface area contributed by atoms with Gasteiger partial charge in [0.15, 0.2) is 0 Å². The van der Waals surface area contributed by atoms with E-state index in [1.54, 1.807) is 29.1 Å². The Hall–Kier alpha value is -3.22. The lowest BCUT2D eigenvalue weighted by Gasteiger charge is -2.11. The molecule has 2 aromatic heterocycles. The standard InChI is InChI=1S/C21H21FN4O2/c1-13-11-26(12-24-13)19-8-7-18(25-21(19)28-2)20(27)23-10-14-3-6-17(22)16(9-14)15-4-5-15/h3,6-9,11-12,15H,4-5,10H2,1-2H3,(H,23,27). The van der Waals surface area contributed by atoms with Crippen molar-refractivity contribution < 1.29 is 13.9 Å². The predicted molar refractivity (Wildman–Crippen MR) is 102 cm³/mol. The van der Waals surface area contributed by atoms with Crippen molar-refractivity contribution in [2.75, 3.05) is 7.11 Å². The number of benzene rings is 1. The highest BCUT2D eigenvalue weighted by Crippen LogP contribution is 2.41. The van der Waals surface area contributed by atoms with Crippen LogP contribution in [-0.2, 0) is 6.54 Å². The van der Waals surface area contributed by atoms with Crippen LogP contribution in [0.2, 0.25) is 0 Å². The van der Waals surface area contributed by atoms with Crippen molar-refractivity contribution in [1.29, 1.82) is 0 Å². The van der Waals surface area contributed by atoms with Gasteiger partial charge in [-0.05, 0) is 55.0 Å². The number of halogens is 1. The minimum atomic E-state index is -0.316. The minimum Gasteiger partial charge on any atom is -0.479 e. The zero-order valence-corrected chi connectivity index (χ0v) is 15.8. The fourth-order valence-corrected chi connectivity index (χ4v) is 3.14. The summed E-state index contributed by atoms with van der Waals surface area (Å²) in [4.78, 5) is 21.0. The zero-order valence-electron chi connectivity index (χ0n) is 15.8. The highest BCUT2D eigenvalue weighted by atomic mass is 19.1. The first-order valence-electron chi connectivity index (χ1n) is 9.17. The minimum absolute atomic E-state index is 0.172. The van der Waals surface area contributed by atoms with Gasteiger partial charge in [0.2, 0.25) is 5.88 Å². The van der Waals surface area contributed by atoms with Crippen molar-refractivity contribution in [3.8, 4) is 11.6 Å². The van der Waals surface area contributed by atoms with Crippen LogP contribution in [-0.4, -0.2) is 27.6 Å². The van der Waals surface area contributed by atoms with Gasteiger partial charge in [-0.3, -0.25) is 4.79 Å². The largest absolute Gasteiger partial charge is 0.479 e. The molecule has 0 saturated heterocycles. The molecule has 1 N–H and O–H groups in total. The van der Waals surface area contributed by atoms with E-state index in [0.29, 0.717) is 24.0 Å². The highest BCUT2D eigenvalue weighted by molar-refractivity contribution is 5.92. The van der Waals surface area contributed by atoms with Crippen LogP contribution in [0.4, 0.5) is 4.39 Å². The van der Waals surface area contributed by atoms with Gasteiger partial charge in [0, 0.05) is 12.7 Å². The number of imidazole rings is 1. The monoisotopic (exact) mass is 380 g/mol. The Morgan fingerprint density at radius 1 is 1.32 bits per heavy atom. The van der Waals surface area contributed by atoms with E-state index in [-0.39, 0.29) is 17.4 Å². The number of aromatic nitrogens is 3. The molecule has 1 aliphatic carbocycles. The summed E-state index contributed by atoms with van der Waals surface area (Å²) >= 11 is 0. The molecule has 0 spiro atoms. The number of nitrogens with zero attached hydrogens (tertiary/aromatic N) is 3. The zero-order chi connectivity index (χ0) is 19.7. The summed E-state index contributed by atoms with van der Waals surface area (Å²) in [5, 5.41) is 2.84. The molecule has 1 fully saturated rings. The van der Waals surface area contributed by atoms with Crippen molar-refractivity contribution >= 4 is 5.91 Å². The van der Waals surface area contributed by atoms with Crippen LogP contribution in [0.5, 0.6) is 5.88 Å². The number of hydrogen-bond acceptors (Lipinski definition) is 4. The van der Waals surface area contributed by atoms with Crippen LogP contribution in [0.3, 0.4) is 0 Å². The molecule has 6 nitrogen and oxygen atoms in total. The Labute approximate surface area is 162 Å². The number of nitrogens with one attached hydrogen (secondary N) is 1. The van der Waals surface area contributed by atoms with Gasteiger partial charge >= 0.3 is 0 Å². The van der Waals surface area contributed by atoms with Gasteiger partial charge < -0.3 is 14.6 Å². The van der Waals surface area contributed by atoms with Gasteiger partial charge in [0.25, 0.3) is 5.91 Å². The molecule has 0 atom stereocenters. The van der Waals surface area contributed by atoms with Crippen LogP contribution in [0.15, 0.2) is 42.9 Å². The summed E-state index contributed by atoms with van der Waals surface area (Å²) in [5.74, 6) is 0.169. The number of hydrogen-bond donors (Lipinski definition) is 1. The molecule has 1 aromatic carbocycles. The predicted octanol–water partition coefficient (Wildman–Crippen LogP) is 3.53. The van der Waals surface area contributed by atoms with Gasteiger partial charge in [-0.15, -0.1) is 0 Å². The quantitative estimate of drug-likeness (QED) is 0.710. The number of rotatable bonds is 6. The Kier molecular flexibility index (Phi) is 4.81. The second-order valence-electron chi connectivity index (χ2n) is 6.96. The maximum Gasteiger partial charge on any atom is 0.270 e. The first-order valence-corrected chi connectivity index (χ1v) is 9.17. The van der Waals surface area contributed by atoms with Crippen molar-refractivity contribution in [2.45, 2.75) is 32.2 Å². The number of amides is 1. The lowest BCUT2D eigenvalue weighted by Crippen LogP contribution is -2.24. The summed E-state index contributed by atoms with van der Waals surface area (Å²) < 4.78 is 21.0. The lowest BCUT2D eigenvalue weighted by atomic mass is 10.1. The van der Waals surface area contributed by atoms with Crippen molar-refractivity contribution in [3.63, 3.8) is 0 Å². The topological polar surface area (TPSA) is 69.0 Å². The lowest BCUT2D eigenvalue weighted by molar-refractivity contribution is 0.0945. The van der Waals surface area contributed by atoms with Crippen LogP contribution >= 0.6 is 0 Å². The van der Waals surface area contributed by atoms with Crippen molar-refractivity contribution in [2.24, 2.45) is 0 Å². The van der Waals surface area contributed by atoms with E-state index in [1.807, 2.05) is 19.2 Å². The summed E-state index contributed by atoms with van der Waals surface area (Å²) in [6, 6.07) is 8.41. The second kappa shape index (κ2) is 7.42. The molecule has 0 radical (unpaired) electrons. The molecular weight excluding hydrogens is 359 g/mol. The van der Waals surface area contributed by atoms with Gasteiger partial charge in [0.05, 0.1) is 19.1 Å². The van der Waals surface area contributed by atoms with Crippen LogP contribution < -0.4 is 10.1 Å². The summed E-state index contributed by atoms with van der Waals surface area (Å²) in [5.41, 5.74) is 3.43. The molecule has 0 unspecified atom stereocenters. The van der Waals surface area contributed by atoms with Crippen LogP contribution in [0, 0.1) is 12.7 Å².